The van der Waals surface area contributed by atoms with Gasteiger partial charge in [-0.25, -0.2) is 0 Å². The monoisotopic (exact) mass is 292 g/mol. The summed E-state index contributed by atoms with van der Waals surface area (Å²) in [6, 6.07) is 5.46. The Morgan fingerprint density at radius 3 is 2.90 bits per heavy atom. The summed E-state index contributed by atoms with van der Waals surface area (Å²) in [7, 11) is 1.63. The fourth-order valence-corrected chi connectivity index (χ4v) is 2.77. The van der Waals surface area contributed by atoms with Crippen molar-refractivity contribution >= 4 is 17.4 Å². The molecule has 1 saturated carbocycles. The Morgan fingerprint density at radius 1 is 1.45 bits per heavy atom. The molecule has 0 spiro atoms. The van der Waals surface area contributed by atoms with Crippen molar-refractivity contribution in [3.63, 3.8) is 0 Å². The molecule has 0 radical (unpaired) electrons. The lowest BCUT2D eigenvalue weighted by atomic mass is 9.81. The molecule has 0 atom stereocenters. The summed E-state index contributed by atoms with van der Waals surface area (Å²) >= 11 is 6.09. The van der Waals surface area contributed by atoms with Gasteiger partial charge in [0.05, 0.1) is 12.7 Å². The molecule has 106 valence electrons. The van der Waals surface area contributed by atoms with Gasteiger partial charge >= 0.3 is 0 Å². The van der Waals surface area contributed by atoms with E-state index in [-0.39, 0.29) is 0 Å². The summed E-state index contributed by atoms with van der Waals surface area (Å²) < 4.78 is 10.8. The Bertz CT molecular complexity index is 620. The molecule has 1 heterocycles. The maximum atomic E-state index is 6.09. The second-order valence-corrected chi connectivity index (χ2v) is 5.65. The Morgan fingerprint density at radius 2 is 2.25 bits per heavy atom. The molecule has 1 aromatic heterocycles. The summed E-state index contributed by atoms with van der Waals surface area (Å²) in [6.07, 6.45) is 4.65. The highest BCUT2D eigenvalue weighted by Crippen LogP contribution is 2.40. The van der Waals surface area contributed by atoms with Crippen molar-refractivity contribution in [1.29, 1.82) is 0 Å². The Kier molecular flexibility index (Phi) is 3.57. The normalized spacial score (nSPS) is 15.1. The van der Waals surface area contributed by atoms with Crippen molar-refractivity contribution in [3.05, 3.63) is 29.0 Å². The molecule has 1 fully saturated rings. The SMILES string of the molecule is COc1ccc(Cl)cc1-c1c(N)noc1CC1CCC1. The standard InChI is InChI=1S/C15H17ClN2O2/c1-19-12-6-5-10(16)8-11(12)14-13(20-18-15(14)17)7-9-3-2-4-9/h5-6,8-9H,2-4,7H2,1H3,(H2,17,18). The minimum atomic E-state index is 0.389. The molecule has 0 unspecified atom stereocenters. The van der Waals surface area contributed by atoms with Crippen LogP contribution in [0.4, 0.5) is 5.82 Å². The summed E-state index contributed by atoms with van der Waals surface area (Å²) in [5.41, 5.74) is 7.64. The lowest BCUT2D eigenvalue weighted by Gasteiger charge is -2.24. The van der Waals surface area contributed by atoms with Gasteiger partial charge in [-0.05, 0) is 24.1 Å². The van der Waals surface area contributed by atoms with Crippen molar-refractivity contribution in [2.75, 3.05) is 12.8 Å². The van der Waals surface area contributed by atoms with Gasteiger partial charge < -0.3 is 15.0 Å². The molecule has 20 heavy (non-hydrogen) atoms. The molecule has 0 bridgehead atoms. The number of ether oxygens (including phenoxy) is 1. The first-order valence-corrected chi connectivity index (χ1v) is 7.14. The first-order valence-electron chi connectivity index (χ1n) is 6.77. The molecule has 1 aromatic carbocycles. The third kappa shape index (κ3) is 2.36. The largest absolute Gasteiger partial charge is 0.496 e. The van der Waals surface area contributed by atoms with E-state index in [9.17, 15) is 0 Å². The zero-order valence-electron chi connectivity index (χ0n) is 11.4. The van der Waals surface area contributed by atoms with Gasteiger partial charge in [0.15, 0.2) is 5.82 Å². The Hall–Kier alpha value is -1.68. The van der Waals surface area contributed by atoms with Gasteiger partial charge in [0.25, 0.3) is 0 Å². The fourth-order valence-electron chi connectivity index (χ4n) is 2.60. The van der Waals surface area contributed by atoms with Crippen LogP contribution in [0, 0.1) is 5.92 Å². The molecular weight excluding hydrogens is 276 g/mol. The number of hydrogen-bond donors (Lipinski definition) is 1. The minimum absolute atomic E-state index is 0.389. The van der Waals surface area contributed by atoms with Crippen molar-refractivity contribution in [3.8, 4) is 16.9 Å². The van der Waals surface area contributed by atoms with Crippen LogP contribution in [-0.2, 0) is 6.42 Å². The highest BCUT2D eigenvalue weighted by Gasteiger charge is 2.25. The van der Waals surface area contributed by atoms with Gasteiger partial charge in [0.1, 0.15) is 11.5 Å². The van der Waals surface area contributed by atoms with E-state index in [1.807, 2.05) is 12.1 Å². The van der Waals surface area contributed by atoms with Crippen LogP contribution < -0.4 is 10.5 Å². The third-order valence-electron chi connectivity index (χ3n) is 3.92. The maximum Gasteiger partial charge on any atom is 0.175 e. The van der Waals surface area contributed by atoms with Gasteiger partial charge in [-0.15, -0.1) is 0 Å². The van der Waals surface area contributed by atoms with E-state index in [2.05, 4.69) is 5.16 Å². The Balaban J connectivity index is 2.04. The third-order valence-corrected chi connectivity index (χ3v) is 4.15. The van der Waals surface area contributed by atoms with Gasteiger partial charge in [0, 0.05) is 17.0 Å². The molecule has 2 aromatic rings. The second kappa shape index (κ2) is 5.37. The number of methoxy groups -OCH3 is 1. The van der Waals surface area contributed by atoms with Crippen molar-refractivity contribution in [2.24, 2.45) is 5.92 Å². The Labute approximate surface area is 122 Å². The fraction of sp³-hybridized carbons (Fsp3) is 0.400. The van der Waals surface area contributed by atoms with Crippen LogP contribution in [0.1, 0.15) is 25.0 Å². The number of aromatic nitrogens is 1. The summed E-state index contributed by atoms with van der Waals surface area (Å²) in [5, 5.41) is 4.55. The van der Waals surface area contributed by atoms with Crippen LogP contribution >= 0.6 is 11.6 Å². The van der Waals surface area contributed by atoms with Crippen LogP contribution in [-0.4, -0.2) is 12.3 Å². The van der Waals surface area contributed by atoms with E-state index in [1.165, 1.54) is 19.3 Å². The van der Waals surface area contributed by atoms with Gasteiger partial charge in [-0.3, -0.25) is 0 Å². The van der Waals surface area contributed by atoms with Crippen LogP contribution in [0.5, 0.6) is 5.75 Å². The molecule has 1 aliphatic rings. The van der Waals surface area contributed by atoms with Crippen LogP contribution in [0.15, 0.2) is 22.7 Å². The number of nitrogens with zero attached hydrogens (tertiary/aromatic N) is 1. The molecule has 0 aliphatic heterocycles. The number of rotatable bonds is 4. The lowest BCUT2D eigenvalue weighted by Crippen LogP contribution is -2.13. The van der Waals surface area contributed by atoms with E-state index in [0.717, 1.165) is 29.1 Å². The first kappa shape index (κ1) is 13.3. The molecular formula is C15H17ClN2O2. The average molecular weight is 293 g/mol. The molecule has 2 N–H and O–H groups in total. The van der Waals surface area contributed by atoms with Gasteiger partial charge in [0.2, 0.25) is 0 Å². The highest BCUT2D eigenvalue weighted by molar-refractivity contribution is 6.31. The average Bonchev–Trinajstić information content (AvgIpc) is 2.75. The quantitative estimate of drug-likeness (QED) is 0.927. The van der Waals surface area contributed by atoms with Gasteiger partial charge in [-0.2, -0.15) is 0 Å². The first-order chi connectivity index (χ1) is 9.69. The molecule has 0 saturated heterocycles. The number of anilines is 1. The second-order valence-electron chi connectivity index (χ2n) is 5.21. The molecule has 4 nitrogen and oxygen atoms in total. The predicted octanol–water partition coefficient (Wildman–Crippen LogP) is 3.93. The van der Waals surface area contributed by atoms with E-state index < -0.39 is 0 Å². The summed E-state index contributed by atoms with van der Waals surface area (Å²) in [5.74, 6) is 2.61. The topological polar surface area (TPSA) is 61.3 Å². The number of nitrogens with two attached hydrogens (primary N) is 1. The highest BCUT2D eigenvalue weighted by atomic mass is 35.5. The van der Waals surface area contributed by atoms with Crippen molar-refractivity contribution in [2.45, 2.75) is 25.7 Å². The van der Waals surface area contributed by atoms with E-state index in [1.54, 1.807) is 13.2 Å². The van der Waals surface area contributed by atoms with E-state index in [0.29, 0.717) is 16.8 Å². The number of nitrogen functional groups attached to an aromatic ring is 1. The predicted molar refractivity (Wildman–Crippen MR) is 79.0 cm³/mol. The smallest absolute Gasteiger partial charge is 0.175 e. The zero-order valence-corrected chi connectivity index (χ0v) is 12.1. The van der Waals surface area contributed by atoms with E-state index >= 15 is 0 Å². The van der Waals surface area contributed by atoms with Gasteiger partial charge in [-0.1, -0.05) is 36.0 Å². The number of hydrogen-bond acceptors (Lipinski definition) is 4. The molecule has 1 aliphatic carbocycles. The van der Waals surface area contributed by atoms with Crippen LogP contribution in [0.25, 0.3) is 11.1 Å². The van der Waals surface area contributed by atoms with Crippen molar-refractivity contribution in [1.82, 2.24) is 5.16 Å². The van der Waals surface area contributed by atoms with E-state index in [4.69, 9.17) is 26.6 Å². The van der Waals surface area contributed by atoms with Crippen LogP contribution in [0.3, 0.4) is 0 Å². The molecule has 0 amide bonds. The lowest BCUT2D eigenvalue weighted by molar-refractivity contribution is 0.279. The number of halogens is 1. The minimum Gasteiger partial charge on any atom is -0.496 e. The molecule has 5 heteroatoms. The summed E-state index contributed by atoms with van der Waals surface area (Å²) in [4.78, 5) is 0. The number of benzene rings is 1. The summed E-state index contributed by atoms with van der Waals surface area (Å²) in [6.45, 7) is 0. The van der Waals surface area contributed by atoms with Crippen LogP contribution in [0.2, 0.25) is 5.02 Å². The van der Waals surface area contributed by atoms with Crippen molar-refractivity contribution < 1.29 is 9.26 Å². The maximum absolute atomic E-state index is 6.09. The molecule has 3 rings (SSSR count). The zero-order chi connectivity index (χ0) is 14.1.